The zero-order chi connectivity index (χ0) is 13.0. The molecule has 0 N–H and O–H groups in total. The SMILES string of the molecule is CCC(C)C(=O)N(C)c1ccc(N(C)C)cc1. The third-order valence-corrected chi connectivity index (χ3v) is 3.12. The van der Waals surface area contributed by atoms with Crippen molar-refractivity contribution in [3.05, 3.63) is 24.3 Å². The van der Waals surface area contributed by atoms with Gasteiger partial charge in [-0.15, -0.1) is 0 Å². The van der Waals surface area contributed by atoms with Crippen LogP contribution in [0, 0.1) is 5.92 Å². The zero-order valence-electron chi connectivity index (χ0n) is 11.4. The fourth-order valence-corrected chi connectivity index (χ4v) is 1.61. The number of hydrogen-bond acceptors (Lipinski definition) is 2. The van der Waals surface area contributed by atoms with Crippen molar-refractivity contribution in [2.75, 3.05) is 30.9 Å². The van der Waals surface area contributed by atoms with Gasteiger partial charge >= 0.3 is 0 Å². The first kappa shape index (κ1) is 13.6. The molecule has 0 aromatic heterocycles. The van der Waals surface area contributed by atoms with E-state index in [0.717, 1.165) is 17.8 Å². The van der Waals surface area contributed by atoms with Gasteiger partial charge in [0.15, 0.2) is 0 Å². The second kappa shape index (κ2) is 5.71. The number of anilines is 2. The van der Waals surface area contributed by atoms with Crippen LogP contribution in [0.1, 0.15) is 20.3 Å². The summed E-state index contributed by atoms with van der Waals surface area (Å²) in [6.07, 6.45) is 0.874. The van der Waals surface area contributed by atoms with E-state index in [1.165, 1.54) is 0 Å². The summed E-state index contributed by atoms with van der Waals surface area (Å²) in [7, 11) is 5.84. The summed E-state index contributed by atoms with van der Waals surface area (Å²) < 4.78 is 0. The minimum atomic E-state index is 0.0773. The predicted octanol–water partition coefficient (Wildman–Crippen LogP) is 2.76. The van der Waals surface area contributed by atoms with E-state index in [4.69, 9.17) is 0 Å². The molecule has 0 heterocycles. The van der Waals surface area contributed by atoms with Gasteiger partial charge in [0.25, 0.3) is 0 Å². The molecule has 0 saturated carbocycles. The van der Waals surface area contributed by atoms with Crippen LogP contribution < -0.4 is 9.80 Å². The standard InChI is InChI=1S/C14H22N2O/c1-6-11(2)14(17)16(5)13-9-7-12(8-10-13)15(3)4/h7-11H,6H2,1-5H3. The maximum Gasteiger partial charge on any atom is 0.229 e. The van der Waals surface area contributed by atoms with Gasteiger partial charge < -0.3 is 9.80 Å². The Morgan fingerprint density at radius 2 is 1.59 bits per heavy atom. The summed E-state index contributed by atoms with van der Waals surface area (Å²) in [5.41, 5.74) is 2.08. The van der Waals surface area contributed by atoms with E-state index in [2.05, 4.69) is 0 Å². The van der Waals surface area contributed by atoms with E-state index in [-0.39, 0.29) is 11.8 Å². The van der Waals surface area contributed by atoms with Crippen molar-refractivity contribution in [2.45, 2.75) is 20.3 Å². The Hall–Kier alpha value is -1.51. The molecule has 1 atom stereocenters. The van der Waals surface area contributed by atoms with Gasteiger partial charge in [0.2, 0.25) is 5.91 Å². The highest BCUT2D eigenvalue weighted by molar-refractivity contribution is 5.94. The second-order valence-electron chi connectivity index (χ2n) is 4.62. The highest BCUT2D eigenvalue weighted by Gasteiger charge is 2.16. The molecular weight excluding hydrogens is 212 g/mol. The molecule has 3 heteroatoms. The number of rotatable bonds is 4. The molecule has 3 nitrogen and oxygen atoms in total. The van der Waals surface area contributed by atoms with Crippen LogP contribution in [0.2, 0.25) is 0 Å². The van der Waals surface area contributed by atoms with Gasteiger partial charge in [-0.2, -0.15) is 0 Å². The fraction of sp³-hybridized carbons (Fsp3) is 0.500. The quantitative estimate of drug-likeness (QED) is 0.799. The Bertz CT molecular complexity index is 370. The summed E-state index contributed by atoms with van der Waals surface area (Å²) >= 11 is 0. The highest BCUT2D eigenvalue weighted by atomic mass is 16.2. The molecule has 0 saturated heterocycles. The van der Waals surface area contributed by atoms with Crippen LogP contribution in [0.15, 0.2) is 24.3 Å². The molecular formula is C14H22N2O. The van der Waals surface area contributed by atoms with Crippen molar-refractivity contribution in [2.24, 2.45) is 5.92 Å². The molecule has 0 radical (unpaired) electrons. The average molecular weight is 234 g/mol. The molecule has 1 amide bonds. The summed E-state index contributed by atoms with van der Waals surface area (Å²) in [5.74, 6) is 0.249. The highest BCUT2D eigenvalue weighted by Crippen LogP contribution is 2.20. The van der Waals surface area contributed by atoms with Gasteiger partial charge in [0, 0.05) is 38.4 Å². The number of carbonyl (C=O) groups excluding carboxylic acids is 1. The lowest BCUT2D eigenvalue weighted by Crippen LogP contribution is -2.31. The van der Waals surface area contributed by atoms with E-state index < -0.39 is 0 Å². The summed E-state index contributed by atoms with van der Waals surface area (Å²) in [6.45, 7) is 4.00. The molecule has 0 aliphatic heterocycles. The van der Waals surface area contributed by atoms with Crippen LogP contribution in [0.5, 0.6) is 0 Å². The second-order valence-corrected chi connectivity index (χ2v) is 4.62. The van der Waals surface area contributed by atoms with Crippen LogP contribution in [-0.2, 0) is 4.79 Å². The third kappa shape index (κ3) is 3.22. The molecule has 0 aliphatic carbocycles. The summed E-state index contributed by atoms with van der Waals surface area (Å²) in [6, 6.07) is 8.01. The first-order valence-corrected chi connectivity index (χ1v) is 6.02. The van der Waals surface area contributed by atoms with Crippen LogP contribution in [0.4, 0.5) is 11.4 Å². The molecule has 1 rings (SSSR count). The van der Waals surface area contributed by atoms with Crippen LogP contribution in [-0.4, -0.2) is 27.1 Å². The number of hydrogen-bond donors (Lipinski definition) is 0. The van der Waals surface area contributed by atoms with Crippen molar-refractivity contribution < 1.29 is 4.79 Å². The van der Waals surface area contributed by atoms with Crippen LogP contribution in [0.3, 0.4) is 0 Å². The van der Waals surface area contributed by atoms with Gasteiger partial charge in [0.1, 0.15) is 0 Å². The molecule has 17 heavy (non-hydrogen) atoms. The maximum atomic E-state index is 12.0. The van der Waals surface area contributed by atoms with Crippen molar-refractivity contribution in [3.63, 3.8) is 0 Å². The molecule has 94 valence electrons. The van der Waals surface area contributed by atoms with Gasteiger partial charge in [-0.25, -0.2) is 0 Å². The first-order valence-electron chi connectivity index (χ1n) is 6.02. The summed E-state index contributed by atoms with van der Waals surface area (Å²) in [5, 5.41) is 0. The largest absolute Gasteiger partial charge is 0.378 e. The molecule has 1 aromatic rings. The molecule has 0 spiro atoms. The van der Waals surface area contributed by atoms with E-state index in [1.807, 2.05) is 64.2 Å². The van der Waals surface area contributed by atoms with E-state index in [1.54, 1.807) is 4.90 Å². The lowest BCUT2D eigenvalue weighted by Gasteiger charge is -2.21. The van der Waals surface area contributed by atoms with Gasteiger partial charge in [-0.05, 0) is 30.7 Å². The normalized spacial score (nSPS) is 12.1. The Balaban J connectivity index is 2.83. The predicted molar refractivity (Wildman–Crippen MR) is 73.6 cm³/mol. The van der Waals surface area contributed by atoms with Gasteiger partial charge in [-0.3, -0.25) is 4.79 Å². The van der Waals surface area contributed by atoms with Crippen molar-refractivity contribution in [1.82, 2.24) is 0 Å². The molecule has 1 unspecified atom stereocenters. The Morgan fingerprint density at radius 3 is 2.00 bits per heavy atom. The fourth-order valence-electron chi connectivity index (χ4n) is 1.61. The van der Waals surface area contributed by atoms with Crippen molar-refractivity contribution >= 4 is 17.3 Å². The Kier molecular flexibility index (Phi) is 4.55. The van der Waals surface area contributed by atoms with Crippen molar-refractivity contribution in [3.8, 4) is 0 Å². The number of amides is 1. The Labute approximate surface area is 104 Å². The molecule has 1 aromatic carbocycles. The van der Waals surface area contributed by atoms with Gasteiger partial charge in [0.05, 0.1) is 0 Å². The van der Waals surface area contributed by atoms with E-state index in [9.17, 15) is 4.79 Å². The van der Waals surface area contributed by atoms with E-state index >= 15 is 0 Å². The summed E-state index contributed by atoms with van der Waals surface area (Å²) in [4.78, 5) is 15.8. The smallest absolute Gasteiger partial charge is 0.229 e. The zero-order valence-corrected chi connectivity index (χ0v) is 11.4. The lowest BCUT2D eigenvalue weighted by molar-refractivity contribution is -0.121. The number of nitrogens with zero attached hydrogens (tertiary/aromatic N) is 2. The lowest BCUT2D eigenvalue weighted by atomic mass is 10.1. The average Bonchev–Trinajstić information content (AvgIpc) is 2.36. The van der Waals surface area contributed by atoms with E-state index in [0.29, 0.717) is 0 Å². The monoisotopic (exact) mass is 234 g/mol. The minimum absolute atomic E-state index is 0.0773. The van der Waals surface area contributed by atoms with Crippen LogP contribution in [0.25, 0.3) is 0 Å². The first-order chi connectivity index (χ1) is 7.97. The molecule has 0 fully saturated rings. The Morgan fingerprint density at radius 1 is 1.12 bits per heavy atom. The third-order valence-electron chi connectivity index (χ3n) is 3.12. The number of benzene rings is 1. The minimum Gasteiger partial charge on any atom is -0.378 e. The maximum absolute atomic E-state index is 12.0. The molecule has 0 bridgehead atoms. The van der Waals surface area contributed by atoms with Crippen molar-refractivity contribution in [1.29, 1.82) is 0 Å². The van der Waals surface area contributed by atoms with Crippen LogP contribution >= 0.6 is 0 Å². The topological polar surface area (TPSA) is 23.6 Å². The molecule has 0 aliphatic rings. The number of carbonyl (C=O) groups is 1. The van der Waals surface area contributed by atoms with Gasteiger partial charge in [-0.1, -0.05) is 13.8 Å².